The van der Waals surface area contributed by atoms with Crippen LogP contribution >= 0.6 is 0 Å². The van der Waals surface area contributed by atoms with Crippen molar-refractivity contribution in [3.8, 4) is 0 Å². The number of carbonyl (C=O) groups is 3. The molecule has 134 valence electrons. The monoisotopic (exact) mass is 347 g/mol. The summed E-state index contributed by atoms with van der Waals surface area (Å²) in [5, 5.41) is 0. The van der Waals surface area contributed by atoms with Gasteiger partial charge in [0.15, 0.2) is 0 Å². The minimum absolute atomic E-state index is 0.000661. The second kappa shape index (κ2) is 6.82. The van der Waals surface area contributed by atoms with E-state index < -0.39 is 17.6 Å². The van der Waals surface area contributed by atoms with E-state index in [2.05, 4.69) is 0 Å². The summed E-state index contributed by atoms with van der Waals surface area (Å²) in [7, 11) is 0. The third-order valence-electron chi connectivity index (χ3n) is 5.19. The van der Waals surface area contributed by atoms with Gasteiger partial charge in [0.25, 0.3) is 0 Å². The number of likely N-dealkylation sites (tertiary alicyclic amines) is 1. The summed E-state index contributed by atoms with van der Waals surface area (Å²) < 4.78 is 14.0. The number of piperidine rings is 1. The molecule has 0 bridgehead atoms. The van der Waals surface area contributed by atoms with Crippen LogP contribution in [-0.4, -0.2) is 41.8 Å². The van der Waals surface area contributed by atoms with Crippen molar-refractivity contribution in [2.75, 3.05) is 18.0 Å². The lowest BCUT2D eigenvalue weighted by Gasteiger charge is -2.38. The number of carbonyl (C=O) groups excluding carboxylic acids is 3. The molecule has 0 spiro atoms. The van der Waals surface area contributed by atoms with Gasteiger partial charge >= 0.3 is 0 Å². The molecule has 0 aromatic heterocycles. The summed E-state index contributed by atoms with van der Waals surface area (Å²) in [5.74, 6) is -2.18. The molecule has 3 rings (SSSR count). The summed E-state index contributed by atoms with van der Waals surface area (Å²) in [5.41, 5.74) is 5.58. The highest BCUT2D eigenvalue weighted by atomic mass is 19.1. The number of amides is 3. The van der Waals surface area contributed by atoms with Gasteiger partial charge in [0, 0.05) is 25.6 Å². The van der Waals surface area contributed by atoms with E-state index in [1.54, 1.807) is 17.0 Å². The number of primary amides is 1. The van der Waals surface area contributed by atoms with Crippen LogP contribution in [0.15, 0.2) is 24.3 Å². The molecule has 0 radical (unpaired) electrons. The Kier molecular flexibility index (Phi) is 4.74. The number of nitrogens with two attached hydrogens (primary N) is 1. The SMILES string of the molecule is CC1CCC(C(N)=O)CN1C(=O)C1CC(=O)N(c2ccccc2F)C1. The maximum atomic E-state index is 14.0. The molecule has 2 N–H and O–H groups in total. The van der Waals surface area contributed by atoms with Gasteiger partial charge in [-0.3, -0.25) is 14.4 Å². The van der Waals surface area contributed by atoms with Crippen molar-refractivity contribution in [1.29, 1.82) is 0 Å². The maximum absolute atomic E-state index is 14.0. The van der Waals surface area contributed by atoms with Crippen LogP contribution in [-0.2, 0) is 14.4 Å². The first-order chi connectivity index (χ1) is 11.9. The second-order valence-electron chi connectivity index (χ2n) is 6.87. The molecule has 3 atom stereocenters. The minimum atomic E-state index is -0.527. The zero-order chi connectivity index (χ0) is 18.1. The van der Waals surface area contributed by atoms with E-state index in [1.807, 2.05) is 6.92 Å². The van der Waals surface area contributed by atoms with E-state index in [9.17, 15) is 18.8 Å². The van der Waals surface area contributed by atoms with Crippen LogP contribution in [0.5, 0.6) is 0 Å². The Balaban J connectivity index is 1.74. The molecule has 2 fully saturated rings. The molecule has 0 saturated carbocycles. The number of para-hydroxylation sites is 1. The lowest BCUT2D eigenvalue weighted by atomic mass is 9.91. The molecular formula is C18H22FN3O3. The average Bonchev–Trinajstić information content (AvgIpc) is 2.96. The number of hydrogen-bond acceptors (Lipinski definition) is 3. The molecule has 25 heavy (non-hydrogen) atoms. The predicted molar refractivity (Wildman–Crippen MR) is 90.0 cm³/mol. The molecule has 1 aromatic carbocycles. The lowest BCUT2D eigenvalue weighted by Crippen LogP contribution is -2.50. The van der Waals surface area contributed by atoms with Gasteiger partial charge in [-0.1, -0.05) is 12.1 Å². The van der Waals surface area contributed by atoms with Crippen molar-refractivity contribution in [2.45, 2.75) is 32.2 Å². The Morgan fingerprint density at radius 2 is 1.88 bits per heavy atom. The summed E-state index contributed by atoms with van der Waals surface area (Å²) in [4.78, 5) is 39.6. The molecule has 7 heteroatoms. The van der Waals surface area contributed by atoms with Gasteiger partial charge in [-0.15, -0.1) is 0 Å². The van der Waals surface area contributed by atoms with E-state index in [1.165, 1.54) is 17.0 Å². The van der Waals surface area contributed by atoms with Gasteiger partial charge in [0.05, 0.1) is 17.5 Å². The fourth-order valence-corrected chi connectivity index (χ4v) is 3.66. The minimum Gasteiger partial charge on any atom is -0.369 e. The van der Waals surface area contributed by atoms with Crippen LogP contribution in [0.2, 0.25) is 0 Å². The van der Waals surface area contributed by atoms with Crippen LogP contribution in [0.1, 0.15) is 26.2 Å². The largest absolute Gasteiger partial charge is 0.369 e. The van der Waals surface area contributed by atoms with Gasteiger partial charge in [0.1, 0.15) is 5.82 Å². The summed E-state index contributed by atoms with van der Waals surface area (Å²) in [6, 6.07) is 6.04. The molecule has 6 nitrogen and oxygen atoms in total. The molecule has 2 heterocycles. The number of nitrogens with zero attached hydrogens (tertiary/aromatic N) is 2. The van der Waals surface area contributed by atoms with Crippen LogP contribution < -0.4 is 10.6 Å². The third kappa shape index (κ3) is 3.36. The first-order valence-electron chi connectivity index (χ1n) is 8.53. The average molecular weight is 347 g/mol. The summed E-state index contributed by atoms with van der Waals surface area (Å²) in [6.45, 7) is 2.38. The number of anilines is 1. The zero-order valence-corrected chi connectivity index (χ0v) is 14.2. The first-order valence-corrected chi connectivity index (χ1v) is 8.53. The van der Waals surface area contributed by atoms with Gasteiger partial charge < -0.3 is 15.5 Å². The predicted octanol–water partition coefficient (Wildman–Crippen LogP) is 1.29. The van der Waals surface area contributed by atoms with Crippen LogP contribution in [0, 0.1) is 17.7 Å². The topological polar surface area (TPSA) is 83.7 Å². The Morgan fingerprint density at radius 1 is 1.16 bits per heavy atom. The van der Waals surface area contributed by atoms with Gasteiger partial charge in [0.2, 0.25) is 17.7 Å². The van der Waals surface area contributed by atoms with Gasteiger partial charge in [-0.25, -0.2) is 4.39 Å². The molecular weight excluding hydrogens is 325 g/mol. The zero-order valence-electron chi connectivity index (χ0n) is 14.2. The van der Waals surface area contributed by atoms with E-state index in [0.717, 1.165) is 0 Å². The van der Waals surface area contributed by atoms with E-state index in [0.29, 0.717) is 19.4 Å². The van der Waals surface area contributed by atoms with Gasteiger partial charge in [-0.2, -0.15) is 0 Å². The smallest absolute Gasteiger partial charge is 0.228 e. The highest BCUT2D eigenvalue weighted by Crippen LogP contribution is 2.30. The summed E-state index contributed by atoms with van der Waals surface area (Å²) in [6.07, 6.45) is 1.43. The number of rotatable bonds is 3. The number of halogens is 1. The van der Waals surface area contributed by atoms with E-state index in [-0.39, 0.29) is 42.4 Å². The normalized spacial score (nSPS) is 26.8. The van der Waals surface area contributed by atoms with Crippen LogP contribution in [0.3, 0.4) is 0 Å². The van der Waals surface area contributed by atoms with Gasteiger partial charge in [-0.05, 0) is 31.9 Å². The quantitative estimate of drug-likeness (QED) is 0.894. The lowest BCUT2D eigenvalue weighted by molar-refractivity contribution is -0.141. The van der Waals surface area contributed by atoms with E-state index >= 15 is 0 Å². The molecule has 3 amide bonds. The molecule has 2 saturated heterocycles. The Labute approximate surface area is 145 Å². The van der Waals surface area contributed by atoms with Crippen molar-refractivity contribution >= 4 is 23.4 Å². The molecule has 1 aromatic rings. The Morgan fingerprint density at radius 3 is 2.56 bits per heavy atom. The molecule has 2 aliphatic rings. The fourth-order valence-electron chi connectivity index (χ4n) is 3.66. The third-order valence-corrected chi connectivity index (χ3v) is 5.19. The van der Waals surface area contributed by atoms with Crippen molar-refractivity contribution in [2.24, 2.45) is 17.6 Å². The van der Waals surface area contributed by atoms with Crippen molar-refractivity contribution in [3.05, 3.63) is 30.1 Å². The fraction of sp³-hybridized carbons (Fsp3) is 0.500. The van der Waals surface area contributed by atoms with Crippen molar-refractivity contribution < 1.29 is 18.8 Å². The van der Waals surface area contributed by atoms with Crippen molar-refractivity contribution in [3.63, 3.8) is 0 Å². The second-order valence-corrected chi connectivity index (χ2v) is 6.87. The standard InChI is InChI=1S/C18H22FN3O3/c1-11-6-7-12(17(20)24)9-21(11)18(25)13-8-16(23)22(10-13)15-5-3-2-4-14(15)19/h2-5,11-13H,6-10H2,1H3,(H2,20,24). The van der Waals surface area contributed by atoms with Crippen LogP contribution in [0.4, 0.5) is 10.1 Å². The molecule has 0 aliphatic carbocycles. The first kappa shape index (κ1) is 17.4. The number of benzene rings is 1. The number of hydrogen-bond donors (Lipinski definition) is 1. The summed E-state index contributed by atoms with van der Waals surface area (Å²) >= 11 is 0. The maximum Gasteiger partial charge on any atom is 0.228 e. The van der Waals surface area contributed by atoms with Crippen LogP contribution in [0.25, 0.3) is 0 Å². The Hall–Kier alpha value is -2.44. The Bertz CT molecular complexity index is 709. The highest BCUT2D eigenvalue weighted by Gasteiger charge is 2.41. The molecule has 2 aliphatic heterocycles. The van der Waals surface area contributed by atoms with E-state index in [4.69, 9.17) is 5.73 Å². The highest BCUT2D eigenvalue weighted by molar-refractivity contribution is 6.00. The molecule has 3 unspecified atom stereocenters. The van der Waals surface area contributed by atoms with Crippen molar-refractivity contribution in [1.82, 2.24) is 4.90 Å².